The minimum absolute atomic E-state index is 0.0914. The third kappa shape index (κ3) is 5.18. The monoisotopic (exact) mass is 198 g/mol. The molecule has 2 atom stereocenters. The van der Waals surface area contributed by atoms with E-state index in [2.05, 4.69) is 13.8 Å². The average molecular weight is 198 g/mol. The normalized spacial score (nSPS) is 16.5. The molecule has 0 N–H and O–H groups in total. The van der Waals surface area contributed by atoms with Gasteiger partial charge in [0.15, 0.2) is 5.78 Å². The van der Waals surface area contributed by atoms with Crippen molar-refractivity contribution >= 4 is 5.78 Å². The summed E-state index contributed by atoms with van der Waals surface area (Å²) in [7, 11) is 1.70. The van der Waals surface area contributed by atoms with Gasteiger partial charge in [0.1, 0.15) is 0 Å². The highest BCUT2D eigenvalue weighted by Crippen LogP contribution is 2.17. The molecule has 82 valence electrons. The van der Waals surface area contributed by atoms with E-state index in [-0.39, 0.29) is 11.9 Å². The van der Waals surface area contributed by atoms with Crippen molar-refractivity contribution in [3.63, 3.8) is 0 Å². The van der Waals surface area contributed by atoms with Gasteiger partial charge < -0.3 is 4.74 Å². The Bertz CT molecular complexity index is 206. The summed E-state index contributed by atoms with van der Waals surface area (Å²) in [5.74, 6) is 0.726. The van der Waals surface area contributed by atoms with Crippen LogP contribution in [0.3, 0.4) is 0 Å². The SMILES string of the molecule is CCC(C)CC(OC)/C(C)=C/C(C)=O. The van der Waals surface area contributed by atoms with Crippen LogP contribution in [0.25, 0.3) is 0 Å². The van der Waals surface area contributed by atoms with Crippen molar-refractivity contribution in [3.8, 4) is 0 Å². The molecule has 0 saturated carbocycles. The molecule has 0 aliphatic heterocycles. The summed E-state index contributed by atoms with van der Waals surface area (Å²) >= 11 is 0. The number of ketones is 1. The molecule has 0 aromatic carbocycles. The van der Waals surface area contributed by atoms with E-state index >= 15 is 0 Å². The van der Waals surface area contributed by atoms with Crippen molar-refractivity contribution in [1.29, 1.82) is 0 Å². The predicted octanol–water partition coefficient (Wildman–Crippen LogP) is 2.97. The maximum absolute atomic E-state index is 10.9. The predicted molar refractivity (Wildman–Crippen MR) is 59.3 cm³/mol. The summed E-state index contributed by atoms with van der Waals surface area (Å²) in [5, 5.41) is 0. The Morgan fingerprint density at radius 2 is 2.00 bits per heavy atom. The lowest BCUT2D eigenvalue weighted by Crippen LogP contribution is -2.16. The van der Waals surface area contributed by atoms with E-state index in [4.69, 9.17) is 4.74 Å². The third-order valence-corrected chi connectivity index (χ3v) is 2.54. The fraction of sp³-hybridized carbons (Fsp3) is 0.750. The van der Waals surface area contributed by atoms with Crippen molar-refractivity contribution in [1.82, 2.24) is 0 Å². The quantitative estimate of drug-likeness (QED) is 0.613. The Morgan fingerprint density at radius 3 is 2.36 bits per heavy atom. The van der Waals surface area contributed by atoms with Gasteiger partial charge in [-0.3, -0.25) is 4.79 Å². The van der Waals surface area contributed by atoms with Gasteiger partial charge in [0.25, 0.3) is 0 Å². The van der Waals surface area contributed by atoms with Gasteiger partial charge in [-0.1, -0.05) is 20.3 Å². The Labute approximate surface area is 87.3 Å². The molecule has 2 unspecified atom stereocenters. The minimum atomic E-state index is 0.0914. The van der Waals surface area contributed by atoms with Gasteiger partial charge in [-0.05, 0) is 37.8 Å². The number of carbonyl (C=O) groups excluding carboxylic acids is 1. The van der Waals surface area contributed by atoms with Gasteiger partial charge in [-0.15, -0.1) is 0 Å². The lowest BCUT2D eigenvalue weighted by molar-refractivity contribution is -0.112. The second kappa shape index (κ2) is 6.77. The fourth-order valence-electron chi connectivity index (χ4n) is 1.41. The molecule has 0 rings (SSSR count). The van der Waals surface area contributed by atoms with Gasteiger partial charge in [0.05, 0.1) is 6.10 Å². The minimum Gasteiger partial charge on any atom is -0.377 e. The Morgan fingerprint density at radius 1 is 1.43 bits per heavy atom. The molecule has 0 spiro atoms. The number of ether oxygens (including phenoxy) is 1. The molecule has 0 saturated heterocycles. The number of methoxy groups -OCH3 is 1. The maximum atomic E-state index is 10.9. The van der Waals surface area contributed by atoms with Crippen molar-refractivity contribution in [2.75, 3.05) is 7.11 Å². The lowest BCUT2D eigenvalue weighted by Gasteiger charge is -2.19. The Balaban J connectivity index is 4.33. The van der Waals surface area contributed by atoms with Crippen LogP contribution in [0.5, 0.6) is 0 Å². The zero-order chi connectivity index (χ0) is 11.1. The highest BCUT2D eigenvalue weighted by Gasteiger charge is 2.13. The zero-order valence-corrected chi connectivity index (χ0v) is 9.96. The van der Waals surface area contributed by atoms with Crippen LogP contribution in [0, 0.1) is 5.92 Å². The van der Waals surface area contributed by atoms with Gasteiger partial charge in [0.2, 0.25) is 0 Å². The van der Waals surface area contributed by atoms with E-state index in [0.29, 0.717) is 5.92 Å². The van der Waals surface area contributed by atoms with Crippen LogP contribution in [0.1, 0.15) is 40.5 Å². The van der Waals surface area contributed by atoms with Crippen molar-refractivity contribution in [2.24, 2.45) is 5.92 Å². The maximum Gasteiger partial charge on any atom is 0.152 e. The average Bonchev–Trinajstić information content (AvgIpc) is 2.12. The number of rotatable bonds is 6. The van der Waals surface area contributed by atoms with E-state index < -0.39 is 0 Å². The molecule has 0 aliphatic carbocycles. The van der Waals surface area contributed by atoms with E-state index in [1.807, 2.05) is 6.92 Å². The van der Waals surface area contributed by atoms with Crippen molar-refractivity contribution < 1.29 is 9.53 Å². The van der Waals surface area contributed by atoms with Crippen LogP contribution in [0.4, 0.5) is 0 Å². The van der Waals surface area contributed by atoms with Gasteiger partial charge in [-0.25, -0.2) is 0 Å². The first-order valence-electron chi connectivity index (χ1n) is 5.22. The Kier molecular flexibility index (Phi) is 6.46. The van der Waals surface area contributed by atoms with Crippen LogP contribution >= 0.6 is 0 Å². The molecular weight excluding hydrogens is 176 g/mol. The topological polar surface area (TPSA) is 26.3 Å². The molecule has 0 aromatic rings. The number of hydrogen-bond donors (Lipinski definition) is 0. The zero-order valence-electron chi connectivity index (χ0n) is 9.96. The summed E-state index contributed by atoms with van der Waals surface area (Å²) in [4.78, 5) is 10.9. The number of hydrogen-bond acceptors (Lipinski definition) is 2. The first-order chi connectivity index (χ1) is 6.51. The van der Waals surface area contributed by atoms with E-state index in [9.17, 15) is 4.79 Å². The highest BCUT2D eigenvalue weighted by atomic mass is 16.5. The fourth-order valence-corrected chi connectivity index (χ4v) is 1.41. The molecule has 2 nitrogen and oxygen atoms in total. The smallest absolute Gasteiger partial charge is 0.152 e. The van der Waals surface area contributed by atoms with Crippen LogP contribution in [0.15, 0.2) is 11.6 Å². The second-order valence-electron chi connectivity index (χ2n) is 3.97. The standard InChI is InChI=1S/C12H22O2/c1-6-9(2)7-12(14-5)10(3)8-11(4)13/h8-9,12H,6-7H2,1-5H3/b10-8+. The first kappa shape index (κ1) is 13.4. The van der Waals surface area contributed by atoms with Crippen LogP contribution in [-0.4, -0.2) is 19.0 Å². The molecule has 0 bridgehead atoms. The summed E-state index contributed by atoms with van der Waals surface area (Å²) in [5.41, 5.74) is 1.03. The molecule has 0 aromatic heterocycles. The van der Waals surface area contributed by atoms with Crippen LogP contribution in [-0.2, 0) is 9.53 Å². The van der Waals surface area contributed by atoms with Gasteiger partial charge in [0, 0.05) is 7.11 Å². The van der Waals surface area contributed by atoms with Crippen LogP contribution < -0.4 is 0 Å². The third-order valence-electron chi connectivity index (χ3n) is 2.54. The van der Waals surface area contributed by atoms with Gasteiger partial charge >= 0.3 is 0 Å². The van der Waals surface area contributed by atoms with E-state index in [0.717, 1.165) is 18.4 Å². The van der Waals surface area contributed by atoms with E-state index in [1.54, 1.807) is 20.1 Å². The molecule has 0 radical (unpaired) electrons. The molecule has 0 amide bonds. The second-order valence-corrected chi connectivity index (χ2v) is 3.97. The number of carbonyl (C=O) groups is 1. The lowest BCUT2D eigenvalue weighted by atomic mass is 9.96. The van der Waals surface area contributed by atoms with Crippen LogP contribution in [0.2, 0.25) is 0 Å². The Hall–Kier alpha value is -0.630. The first-order valence-corrected chi connectivity index (χ1v) is 5.22. The molecule has 2 heteroatoms. The molecule has 0 fully saturated rings. The summed E-state index contributed by atoms with van der Waals surface area (Å²) in [6.07, 6.45) is 3.89. The molecule has 14 heavy (non-hydrogen) atoms. The molecular formula is C12H22O2. The van der Waals surface area contributed by atoms with Gasteiger partial charge in [-0.2, -0.15) is 0 Å². The van der Waals surface area contributed by atoms with Crippen molar-refractivity contribution in [2.45, 2.75) is 46.6 Å². The van der Waals surface area contributed by atoms with Crippen molar-refractivity contribution in [3.05, 3.63) is 11.6 Å². The summed E-state index contributed by atoms with van der Waals surface area (Å²) in [6.45, 7) is 7.89. The van der Waals surface area contributed by atoms with E-state index in [1.165, 1.54) is 0 Å². The molecule has 0 aliphatic rings. The largest absolute Gasteiger partial charge is 0.377 e. The molecule has 0 heterocycles. The number of allylic oxidation sites excluding steroid dienone is 1. The summed E-state index contributed by atoms with van der Waals surface area (Å²) < 4.78 is 5.36. The highest BCUT2D eigenvalue weighted by molar-refractivity contribution is 5.88. The summed E-state index contributed by atoms with van der Waals surface area (Å²) in [6, 6.07) is 0.